The van der Waals surface area contributed by atoms with E-state index >= 15 is 0 Å². The van der Waals surface area contributed by atoms with Crippen LogP contribution in [0, 0.1) is 0 Å². The van der Waals surface area contributed by atoms with Crippen LogP contribution in [0.4, 0.5) is 0 Å². The van der Waals surface area contributed by atoms with Gasteiger partial charge in [0.2, 0.25) is 0 Å². The van der Waals surface area contributed by atoms with Gasteiger partial charge in [0.25, 0.3) is 0 Å². The maximum atomic E-state index is 13.5. The quantitative estimate of drug-likeness (QED) is 0.151. The van der Waals surface area contributed by atoms with Crippen LogP contribution in [0.3, 0.4) is 0 Å². The molecule has 0 amide bonds. The van der Waals surface area contributed by atoms with E-state index in [-0.39, 0.29) is 5.78 Å². The minimum atomic E-state index is -2.98. The maximum Gasteiger partial charge on any atom is 0.477 e. The van der Waals surface area contributed by atoms with Crippen LogP contribution in [-0.4, -0.2) is 62.7 Å². The number of carbonyl (C=O) groups excluding carboxylic acids is 1. The zero-order valence-electron chi connectivity index (χ0n) is 26.3. The highest BCUT2D eigenvalue weighted by atomic mass is 28.5. The first kappa shape index (κ1) is 35.0. The topological polar surface area (TPSA) is 63.2 Å². The van der Waals surface area contributed by atoms with Crippen molar-refractivity contribution in [1.82, 2.24) is 0 Å². The average Bonchev–Trinajstić information content (AvgIpc) is 2.60. The lowest BCUT2D eigenvalue weighted by molar-refractivity contribution is 0.0319. The van der Waals surface area contributed by atoms with Gasteiger partial charge in [-0.05, 0) is 110 Å². The van der Waals surface area contributed by atoms with Crippen molar-refractivity contribution in [3.63, 3.8) is 0 Å². The second-order valence-electron chi connectivity index (χ2n) is 13.9. The number of carbonyl (C=O) groups is 1. The van der Waals surface area contributed by atoms with E-state index in [1.807, 2.05) is 44.7 Å². The molecular formula is C25H54O6Si6. The zero-order chi connectivity index (χ0) is 29.1. The molecule has 0 N–H and O–H groups in total. The van der Waals surface area contributed by atoms with Gasteiger partial charge in [0.1, 0.15) is 5.60 Å². The second kappa shape index (κ2) is 12.7. The number of benzene rings is 1. The first-order valence-electron chi connectivity index (χ1n) is 13.5. The SMILES string of the molecule is C[SiH](C)O[Si](C)(OC(C)(C)C(=O)c1ccc(CC[Si](C)(O[Si](C)(C)C)O[Si](C)(C)C)cc1)O[Si](C)(C)C. The molecule has 0 heterocycles. The smallest absolute Gasteiger partial charge is 0.437 e. The van der Waals surface area contributed by atoms with Gasteiger partial charge in [-0.3, -0.25) is 4.79 Å². The van der Waals surface area contributed by atoms with Crippen LogP contribution >= 0.6 is 0 Å². The Hall–Kier alpha value is -0.00870. The molecule has 1 rings (SSSR count). The summed E-state index contributed by atoms with van der Waals surface area (Å²) in [5.74, 6) is -0.0608. The standard InChI is InChI=1S/C25H54O6Si6/c1-25(2,27-37(15,28-32(3)4)31-35(11,12)13)24(26)23-18-16-22(17-19-23)20-21-36(14,29-33(5,6)7)30-34(8,9)10/h16-19,32H,20-21H2,1-15H3. The van der Waals surface area contributed by atoms with Crippen LogP contribution in [0.1, 0.15) is 29.8 Å². The number of hydrogen-bond acceptors (Lipinski definition) is 6. The minimum Gasteiger partial charge on any atom is -0.437 e. The van der Waals surface area contributed by atoms with E-state index in [1.54, 1.807) is 0 Å². The van der Waals surface area contributed by atoms with E-state index in [4.69, 9.17) is 20.9 Å². The van der Waals surface area contributed by atoms with Crippen LogP contribution in [0.25, 0.3) is 0 Å². The molecule has 214 valence electrons. The van der Waals surface area contributed by atoms with Crippen molar-refractivity contribution in [2.45, 2.75) is 117 Å². The van der Waals surface area contributed by atoms with Crippen LogP contribution in [0.2, 0.25) is 91.2 Å². The van der Waals surface area contributed by atoms with E-state index in [0.29, 0.717) is 5.56 Å². The van der Waals surface area contributed by atoms with Crippen LogP contribution in [0.5, 0.6) is 0 Å². The maximum absolute atomic E-state index is 13.5. The van der Waals surface area contributed by atoms with Gasteiger partial charge in [-0.2, -0.15) is 0 Å². The van der Waals surface area contributed by atoms with Gasteiger partial charge in [0.15, 0.2) is 39.8 Å². The van der Waals surface area contributed by atoms with Gasteiger partial charge in [0, 0.05) is 12.1 Å². The largest absolute Gasteiger partial charge is 0.477 e. The third kappa shape index (κ3) is 13.8. The number of Topliss-reactive ketones (excluding diaryl/α,β-unsaturated/α-hetero) is 1. The highest BCUT2D eigenvalue weighted by Gasteiger charge is 2.47. The normalized spacial score (nSPS) is 15.7. The third-order valence-corrected chi connectivity index (χ3v) is 23.0. The van der Waals surface area contributed by atoms with Crippen molar-refractivity contribution in [2.24, 2.45) is 0 Å². The predicted octanol–water partition coefficient (Wildman–Crippen LogP) is 7.40. The summed E-state index contributed by atoms with van der Waals surface area (Å²) >= 11 is 0. The number of rotatable bonds is 15. The van der Waals surface area contributed by atoms with Gasteiger partial charge in [-0.1, -0.05) is 24.3 Å². The molecule has 0 aliphatic heterocycles. The lowest BCUT2D eigenvalue weighted by Gasteiger charge is -2.39. The summed E-state index contributed by atoms with van der Waals surface area (Å²) in [6.45, 7) is 31.7. The number of hydrogen-bond donors (Lipinski definition) is 0. The molecule has 0 fully saturated rings. The summed E-state index contributed by atoms with van der Waals surface area (Å²) in [6, 6.07) is 8.83. The van der Waals surface area contributed by atoms with Crippen molar-refractivity contribution < 1.29 is 25.7 Å². The Morgan fingerprint density at radius 1 is 0.757 bits per heavy atom. The summed E-state index contributed by atoms with van der Waals surface area (Å²) in [6.07, 6.45) is 0.869. The molecule has 0 radical (unpaired) electrons. The summed E-state index contributed by atoms with van der Waals surface area (Å²) < 4.78 is 32.4. The molecule has 1 atom stereocenters. The summed E-state index contributed by atoms with van der Waals surface area (Å²) in [5, 5.41) is 0. The Bertz CT molecular complexity index is 871. The molecule has 0 saturated carbocycles. The summed E-state index contributed by atoms with van der Waals surface area (Å²) in [5.41, 5.74) is 0.771. The van der Waals surface area contributed by atoms with Crippen molar-refractivity contribution in [1.29, 1.82) is 0 Å². The Labute approximate surface area is 234 Å². The molecule has 0 aliphatic carbocycles. The van der Waals surface area contributed by atoms with E-state index in [0.717, 1.165) is 12.5 Å². The van der Waals surface area contributed by atoms with Crippen molar-refractivity contribution in [2.75, 3.05) is 0 Å². The van der Waals surface area contributed by atoms with Gasteiger partial charge >= 0.3 is 17.4 Å². The molecule has 1 unspecified atom stereocenters. The van der Waals surface area contributed by atoms with Gasteiger partial charge in [0.05, 0.1) is 0 Å². The first-order chi connectivity index (χ1) is 16.3. The van der Waals surface area contributed by atoms with Gasteiger partial charge < -0.3 is 20.9 Å². The Morgan fingerprint density at radius 3 is 1.57 bits per heavy atom. The summed E-state index contributed by atoms with van der Waals surface area (Å²) in [7, 11) is -12.1. The zero-order valence-corrected chi connectivity index (χ0v) is 32.4. The number of ketones is 1. The molecule has 1 aromatic rings. The second-order valence-corrected chi connectivity index (χ2v) is 36.8. The van der Waals surface area contributed by atoms with Crippen molar-refractivity contribution in [3.05, 3.63) is 35.4 Å². The van der Waals surface area contributed by atoms with Crippen LogP contribution < -0.4 is 0 Å². The fraction of sp³-hybridized carbons (Fsp3) is 0.720. The van der Waals surface area contributed by atoms with E-state index < -0.39 is 57.0 Å². The highest BCUT2D eigenvalue weighted by molar-refractivity contribution is 6.87. The minimum absolute atomic E-state index is 0.0608. The molecule has 0 aliphatic rings. The molecule has 0 spiro atoms. The fourth-order valence-electron chi connectivity index (χ4n) is 4.52. The molecular weight excluding hydrogens is 565 g/mol. The average molecular weight is 619 g/mol. The monoisotopic (exact) mass is 618 g/mol. The third-order valence-electron chi connectivity index (χ3n) is 5.06. The molecule has 0 aromatic heterocycles. The lowest BCUT2D eigenvalue weighted by Crippen LogP contribution is -2.57. The molecule has 37 heavy (non-hydrogen) atoms. The van der Waals surface area contributed by atoms with Crippen molar-refractivity contribution in [3.8, 4) is 0 Å². The molecule has 1 aromatic carbocycles. The Morgan fingerprint density at radius 2 is 1.19 bits per heavy atom. The Balaban J connectivity index is 3.03. The molecule has 6 nitrogen and oxygen atoms in total. The van der Waals surface area contributed by atoms with E-state index in [9.17, 15) is 4.79 Å². The fourth-order valence-corrected chi connectivity index (χ4v) is 26.9. The van der Waals surface area contributed by atoms with E-state index in [2.05, 4.69) is 78.6 Å². The molecule has 0 saturated heterocycles. The van der Waals surface area contributed by atoms with E-state index in [1.165, 1.54) is 5.56 Å². The number of aryl methyl sites for hydroxylation is 1. The molecule has 0 bridgehead atoms. The summed E-state index contributed by atoms with van der Waals surface area (Å²) in [4.78, 5) is 13.5. The van der Waals surface area contributed by atoms with Crippen LogP contribution in [0.15, 0.2) is 24.3 Å². The molecule has 12 heteroatoms. The highest BCUT2D eigenvalue weighted by Crippen LogP contribution is 2.29. The van der Waals surface area contributed by atoms with Gasteiger partial charge in [-0.25, -0.2) is 0 Å². The van der Waals surface area contributed by atoms with Crippen LogP contribution in [-0.2, 0) is 27.3 Å². The predicted molar refractivity (Wildman–Crippen MR) is 171 cm³/mol. The first-order valence-corrected chi connectivity index (χ1v) is 31.2. The Kier molecular flexibility index (Phi) is 12.0. The van der Waals surface area contributed by atoms with Crippen molar-refractivity contribution >= 4 is 57.1 Å². The van der Waals surface area contributed by atoms with Gasteiger partial charge in [-0.15, -0.1) is 0 Å². The lowest BCUT2D eigenvalue weighted by atomic mass is 9.96.